The van der Waals surface area contributed by atoms with Gasteiger partial charge in [0.2, 0.25) is 0 Å². The van der Waals surface area contributed by atoms with Crippen molar-refractivity contribution in [1.82, 2.24) is 0 Å². The first-order valence-corrected chi connectivity index (χ1v) is 4.59. The van der Waals surface area contributed by atoms with Crippen LogP contribution in [0.25, 0.3) is 0 Å². The second kappa shape index (κ2) is 4.57. The van der Waals surface area contributed by atoms with E-state index in [0.29, 0.717) is 0 Å². The van der Waals surface area contributed by atoms with Gasteiger partial charge in [-0.1, -0.05) is 5.92 Å². The molecule has 13 heavy (non-hydrogen) atoms. The standard InChI is InChI=1S/C12H14N/c1-4-11-7-9-12(10-8-11)13(5-2)6-3/h7-10H,5-6H2,2-3H3. The summed E-state index contributed by atoms with van der Waals surface area (Å²) in [5.74, 6) is 2.36. The molecule has 1 nitrogen and oxygen atoms in total. The molecular formula is C12H14N. The van der Waals surface area contributed by atoms with Crippen molar-refractivity contribution in [1.29, 1.82) is 0 Å². The maximum Gasteiger partial charge on any atom is 0.0366 e. The fourth-order valence-electron chi connectivity index (χ4n) is 1.34. The third-order valence-corrected chi connectivity index (χ3v) is 2.14. The molecule has 0 saturated carbocycles. The van der Waals surface area contributed by atoms with Crippen LogP contribution in [0.1, 0.15) is 19.4 Å². The fourth-order valence-corrected chi connectivity index (χ4v) is 1.34. The predicted octanol–water partition coefficient (Wildman–Crippen LogP) is 2.47. The molecule has 0 spiro atoms. The summed E-state index contributed by atoms with van der Waals surface area (Å²) in [4.78, 5) is 2.27. The average Bonchev–Trinajstić information content (AvgIpc) is 2.21. The van der Waals surface area contributed by atoms with Gasteiger partial charge < -0.3 is 4.90 Å². The largest absolute Gasteiger partial charge is 0.372 e. The Kier molecular flexibility index (Phi) is 3.40. The summed E-state index contributed by atoms with van der Waals surface area (Å²) in [6.45, 7) is 6.31. The van der Waals surface area contributed by atoms with Crippen molar-refractivity contribution in [3.05, 3.63) is 36.3 Å². The highest BCUT2D eigenvalue weighted by Crippen LogP contribution is 2.13. The molecule has 0 aliphatic rings. The highest BCUT2D eigenvalue weighted by Gasteiger charge is 1.99. The Morgan fingerprint density at radius 3 is 2.08 bits per heavy atom. The zero-order chi connectivity index (χ0) is 9.68. The SMILES string of the molecule is [C]#Cc1ccc(N(CC)CC)cc1. The van der Waals surface area contributed by atoms with E-state index in [0.717, 1.165) is 18.7 Å². The molecule has 0 fully saturated rings. The molecule has 0 aromatic heterocycles. The normalized spacial score (nSPS) is 9.31. The minimum Gasteiger partial charge on any atom is -0.372 e. The van der Waals surface area contributed by atoms with Crippen LogP contribution in [0.4, 0.5) is 5.69 Å². The maximum atomic E-state index is 6.95. The van der Waals surface area contributed by atoms with Crippen LogP contribution in [-0.4, -0.2) is 13.1 Å². The molecule has 1 heteroatoms. The van der Waals surface area contributed by atoms with Crippen molar-refractivity contribution in [2.75, 3.05) is 18.0 Å². The Bertz CT molecular complexity index is 288. The van der Waals surface area contributed by atoms with Crippen LogP contribution in [0.3, 0.4) is 0 Å². The maximum absolute atomic E-state index is 6.95. The fraction of sp³-hybridized carbons (Fsp3) is 0.333. The zero-order valence-electron chi connectivity index (χ0n) is 8.17. The Morgan fingerprint density at radius 1 is 1.15 bits per heavy atom. The number of hydrogen-bond donors (Lipinski definition) is 0. The first-order chi connectivity index (χ1) is 6.31. The molecule has 0 bridgehead atoms. The van der Waals surface area contributed by atoms with Gasteiger partial charge in [-0.2, -0.15) is 0 Å². The van der Waals surface area contributed by atoms with Crippen LogP contribution in [0.15, 0.2) is 24.3 Å². The monoisotopic (exact) mass is 172 g/mol. The van der Waals surface area contributed by atoms with E-state index in [9.17, 15) is 0 Å². The van der Waals surface area contributed by atoms with Crippen LogP contribution in [0.2, 0.25) is 0 Å². The van der Waals surface area contributed by atoms with Crippen molar-refractivity contribution in [3.63, 3.8) is 0 Å². The topological polar surface area (TPSA) is 3.24 Å². The predicted molar refractivity (Wildman–Crippen MR) is 56.2 cm³/mol. The van der Waals surface area contributed by atoms with E-state index in [1.807, 2.05) is 24.3 Å². The van der Waals surface area contributed by atoms with Crippen LogP contribution in [0.5, 0.6) is 0 Å². The van der Waals surface area contributed by atoms with Crippen molar-refractivity contribution in [3.8, 4) is 5.92 Å². The molecule has 0 aliphatic carbocycles. The second-order valence-corrected chi connectivity index (χ2v) is 2.84. The summed E-state index contributed by atoms with van der Waals surface area (Å²) in [5, 5.41) is 0. The number of hydrogen-bond acceptors (Lipinski definition) is 1. The summed E-state index contributed by atoms with van der Waals surface area (Å²) < 4.78 is 0. The Labute approximate surface area is 80.4 Å². The summed E-state index contributed by atoms with van der Waals surface area (Å²) in [6.07, 6.45) is 6.95. The third kappa shape index (κ3) is 2.26. The van der Waals surface area contributed by atoms with Gasteiger partial charge in [0.05, 0.1) is 0 Å². The zero-order valence-corrected chi connectivity index (χ0v) is 8.17. The van der Waals surface area contributed by atoms with E-state index in [1.165, 1.54) is 5.69 Å². The van der Waals surface area contributed by atoms with Gasteiger partial charge in [-0.25, -0.2) is 0 Å². The molecule has 0 atom stereocenters. The van der Waals surface area contributed by atoms with Crippen molar-refractivity contribution < 1.29 is 0 Å². The molecular weight excluding hydrogens is 158 g/mol. The Hall–Kier alpha value is -1.42. The quantitative estimate of drug-likeness (QED) is 0.633. The lowest BCUT2D eigenvalue weighted by Gasteiger charge is -2.20. The molecule has 0 heterocycles. The minimum atomic E-state index is 0.830. The number of rotatable bonds is 3. The van der Waals surface area contributed by atoms with E-state index in [4.69, 9.17) is 6.42 Å². The first-order valence-electron chi connectivity index (χ1n) is 4.59. The van der Waals surface area contributed by atoms with Crippen molar-refractivity contribution in [2.24, 2.45) is 0 Å². The van der Waals surface area contributed by atoms with Gasteiger partial charge in [-0.15, -0.1) is 0 Å². The lowest BCUT2D eigenvalue weighted by atomic mass is 10.2. The molecule has 67 valence electrons. The lowest BCUT2D eigenvalue weighted by Crippen LogP contribution is -2.21. The molecule has 0 amide bonds. The van der Waals surface area contributed by atoms with Crippen LogP contribution < -0.4 is 4.90 Å². The van der Waals surface area contributed by atoms with E-state index < -0.39 is 0 Å². The van der Waals surface area contributed by atoms with Crippen LogP contribution in [-0.2, 0) is 0 Å². The molecule has 0 unspecified atom stereocenters. The van der Waals surface area contributed by atoms with E-state index in [2.05, 4.69) is 24.7 Å². The molecule has 0 N–H and O–H groups in total. The molecule has 1 aromatic rings. The smallest absolute Gasteiger partial charge is 0.0366 e. The molecule has 1 radical (unpaired) electrons. The van der Waals surface area contributed by atoms with Gasteiger partial charge in [0.15, 0.2) is 0 Å². The molecule has 0 saturated heterocycles. The van der Waals surface area contributed by atoms with Crippen molar-refractivity contribution in [2.45, 2.75) is 13.8 Å². The number of nitrogens with zero attached hydrogens (tertiary/aromatic N) is 1. The summed E-state index contributed by atoms with van der Waals surface area (Å²) >= 11 is 0. The van der Waals surface area contributed by atoms with Gasteiger partial charge in [0.1, 0.15) is 0 Å². The summed E-state index contributed by atoms with van der Waals surface area (Å²) in [6, 6.07) is 7.90. The summed E-state index contributed by atoms with van der Waals surface area (Å²) in [7, 11) is 0. The van der Waals surface area contributed by atoms with Gasteiger partial charge in [0, 0.05) is 24.3 Å². The number of benzene rings is 1. The van der Waals surface area contributed by atoms with Gasteiger partial charge in [-0.3, -0.25) is 0 Å². The highest BCUT2D eigenvalue weighted by atomic mass is 15.1. The number of anilines is 1. The second-order valence-electron chi connectivity index (χ2n) is 2.84. The third-order valence-electron chi connectivity index (χ3n) is 2.14. The highest BCUT2D eigenvalue weighted by molar-refractivity contribution is 5.49. The first kappa shape index (κ1) is 9.67. The molecule has 1 aromatic carbocycles. The van der Waals surface area contributed by atoms with Gasteiger partial charge in [0.25, 0.3) is 0 Å². The van der Waals surface area contributed by atoms with Gasteiger partial charge >= 0.3 is 0 Å². The van der Waals surface area contributed by atoms with E-state index in [1.54, 1.807) is 0 Å². The van der Waals surface area contributed by atoms with E-state index in [-0.39, 0.29) is 0 Å². The Morgan fingerprint density at radius 2 is 1.69 bits per heavy atom. The van der Waals surface area contributed by atoms with E-state index >= 15 is 0 Å². The molecule has 0 aliphatic heterocycles. The molecule has 1 rings (SSSR count). The average molecular weight is 172 g/mol. The minimum absolute atomic E-state index is 0.830. The van der Waals surface area contributed by atoms with Crippen LogP contribution in [0, 0.1) is 12.3 Å². The van der Waals surface area contributed by atoms with Crippen LogP contribution >= 0.6 is 0 Å². The lowest BCUT2D eigenvalue weighted by molar-refractivity contribution is 0.866. The van der Waals surface area contributed by atoms with Crippen molar-refractivity contribution >= 4 is 5.69 Å². The summed E-state index contributed by atoms with van der Waals surface area (Å²) in [5.41, 5.74) is 2.04. The van der Waals surface area contributed by atoms with Gasteiger partial charge in [-0.05, 0) is 44.5 Å². The Balaban J connectivity index is 2.85.